The van der Waals surface area contributed by atoms with Gasteiger partial charge in [0, 0.05) is 6.54 Å². The van der Waals surface area contributed by atoms with Gasteiger partial charge in [0.25, 0.3) is 0 Å². The van der Waals surface area contributed by atoms with Gasteiger partial charge in [-0.1, -0.05) is 31.0 Å². The molecule has 1 spiro atoms. The lowest BCUT2D eigenvalue weighted by Crippen LogP contribution is -2.29. The van der Waals surface area contributed by atoms with Crippen molar-refractivity contribution in [3.8, 4) is 0 Å². The first-order valence-electron chi connectivity index (χ1n) is 6.39. The summed E-state index contributed by atoms with van der Waals surface area (Å²) in [4.78, 5) is 0. The Labute approximate surface area is 102 Å². The van der Waals surface area contributed by atoms with E-state index >= 15 is 0 Å². The van der Waals surface area contributed by atoms with E-state index in [9.17, 15) is 5.02 Å². The third-order valence-electron chi connectivity index (χ3n) is 4.00. The summed E-state index contributed by atoms with van der Waals surface area (Å²) >= 11 is 0. The van der Waals surface area contributed by atoms with Gasteiger partial charge in [-0.15, -0.1) is 0 Å². The van der Waals surface area contributed by atoms with Crippen LogP contribution in [-0.4, -0.2) is 19.2 Å². The van der Waals surface area contributed by atoms with Gasteiger partial charge in [-0.2, -0.15) is 0 Å². The third kappa shape index (κ3) is 1.71. The van der Waals surface area contributed by atoms with Crippen LogP contribution in [0.25, 0.3) is 0 Å². The number of hydrogen-bond acceptors (Lipinski definition) is 3. The van der Waals surface area contributed by atoms with Gasteiger partial charge in [-0.05, 0) is 36.5 Å². The predicted octanol–water partition coefficient (Wildman–Crippen LogP) is 0.893. The van der Waals surface area contributed by atoms with E-state index in [0.29, 0.717) is 0 Å². The molecule has 2 aliphatic rings. The van der Waals surface area contributed by atoms with E-state index in [1.807, 2.05) is 7.05 Å². The normalized spacial score (nSPS) is 21.2. The Morgan fingerprint density at radius 1 is 1.41 bits per heavy atom. The Morgan fingerprint density at radius 3 is 2.88 bits per heavy atom. The molecule has 90 valence electrons. The summed E-state index contributed by atoms with van der Waals surface area (Å²) in [5.41, 5.74) is 3.19. The molecule has 0 radical (unpaired) electrons. The highest BCUT2D eigenvalue weighted by Crippen LogP contribution is 2.44. The minimum absolute atomic E-state index is 0.188. The molecule has 1 aliphatic heterocycles. The van der Waals surface area contributed by atoms with E-state index in [1.54, 1.807) is 0 Å². The molecule has 0 atom stereocenters. The molecule has 0 aromatic heterocycles. The molecular weight excluding hydrogens is 213 g/mol. The van der Waals surface area contributed by atoms with Crippen molar-refractivity contribution in [3.05, 3.63) is 29.3 Å². The minimum Gasteiger partial charge on any atom is -0.423 e. The maximum absolute atomic E-state index is 10.1. The Hall–Kier alpha value is -0.835. The molecule has 1 aromatic carbocycles. The summed E-state index contributed by atoms with van der Waals surface area (Å²) in [6.45, 7) is 0.826. The van der Waals surface area contributed by atoms with Crippen LogP contribution in [0.2, 0.25) is 0 Å². The van der Waals surface area contributed by atoms with Crippen LogP contribution in [0.15, 0.2) is 18.2 Å². The molecule has 2 N–H and O–H groups in total. The monoisotopic (exact) mass is 231 g/mol. The second-order valence-electron chi connectivity index (χ2n) is 5.12. The molecule has 0 amide bonds. The zero-order valence-electron chi connectivity index (χ0n) is 10.2. The first kappa shape index (κ1) is 11.3. The summed E-state index contributed by atoms with van der Waals surface area (Å²) in [7, 11) is 1.19. The fraction of sp³-hybridized carbons (Fsp3) is 0.538. The lowest BCUT2D eigenvalue weighted by atomic mass is 9.77. The highest BCUT2D eigenvalue weighted by atomic mass is 16.5. The fourth-order valence-electron chi connectivity index (χ4n) is 3.22. The predicted molar refractivity (Wildman–Crippen MR) is 68.0 cm³/mol. The van der Waals surface area contributed by atoms with Crippen molar-refractivity contribution in [1.82, 2.24) is 5.32 Å². The first-order chi connectivity index (χ1) is 8.25. The molecule has 1 fully saturated rings. The zero-order chi connectivity index (χ0) is 11.9. The molecule has 4 heteroatoms. The van der Waals surface area contributed by atoms with Crippen LogP contribution in [0, 0.1) is 0 Å². The van der Waals surface area contributed by atoms with Gasteiger partial charge >= 0.3 is 7.12 Å². The molecule has 3 nitrogen and oxygen atoms in total. The van der Waals surface area contributed by atoms with E-state index in [-0.39, 0.29) is 5.60 Å². The molecule has 1 saturated carbocycles. The summed E-state index contributed by atoms with van der Waals surface area (Å²) in [6.07, 6.45) is 4.49. The van der Waals surface area contributed by atoms with Crippen molar-refractivity contribution >= 4 is 12.6 Å². The van der Waals surface area contributed by atoms with Crippen LogP contribution in [0.1, 0.15) is 36.8 Å². The van der Waals surface area contributed by atoms with Crippen LogP contribution in [0.4, 0.5) is 0 Å². The second kappa shape index (κ2) is 4.12. The molecule has 1 aliphatic carbocycles. The smallest absolute Gasteiger partial charge is 0.423 e. The van der Waals surface area contributed by atoms with Gasteiger partial charge in [0.05, 0.1) is 5.60 Å². The Balaban J connectivity index is 2.01. The zero-order valence-corrected chi connectivity index (χ0v) is 10.2. The number of hydrogen-bond donors (Lipinski definition) is 2. The van der Waals surface area contributed by atoms with Crippen molar-refractivity contribution in [2.45, 2.75) is 37.8 Å². The number of benzene rings is 1. The molecule has 1 aromatic rings. The van der Waals surface area contributed by atoms with Crippen LogP contribution < -0.4 is 10.8 Å². The number of nitrogens with one attached hydrogen (secondary N) is 1. The molecule has 0 unspecified atom stereocenters. The molecule has 3 rings (SSSR count). The average molecular weight is 231 g/mol. The quantitative estimate of drug-likeness (QED) is 0.743. The maximum atomic E-state index is 10.1. The Kier molecular flexibility index (Phi) is 2.73. The first-order valence-corrected chi connectivity index (χ1v) is 6.39. The van der Waals surface area contributed by atoms with E-state index < -0.39 is 7.12 Å². The Morgan fingerprint density at radius 2 is 2.18 bits per heavy atom. The molecular formula is C13H18BNO2. The van der Waals surface area contributed by atoms with Crippen LogP contribution in [0.3, 0.4) is 0 Å². The van der Waals surface area contributed by atoms with Crippen LogP contribution in [-0.2, 0) is 16.8 Å². The number of fused-ring (bicyclic) bond motifs is 2. The summed E-state index contributed by atoms with van der Waals surface area (Å²) in [5.74, 6) is 0. The lowest BCUT2D eigenvalue weighted by molar-refractivity contribution is 0.0679. The molecule has 1 heterocycles. The van der Waals surface area contributed by atoms with Gasteiger partial charge in [0.15, 0.2) is 0 Å². The summed E-state index contributed by atoms with van der Waals surface area (Å²) in [6, 6.07) is 6.35. The third-order valence-corrected chi connectivity index (χ3v) is 4.00. The standard InChI is InChI=1S/C13H18BNO2/c1-15-9-10-4-5-11-12(8-10)14(16)17-13(11)6-2-3-7-13/h4-5,8,15-16H,2-3,6-7,9H2,1H3. The molecule has 17 heavy (non-hydrogen) atoms. The summed E-state index contributed by atoms with van der Waals surface area (Å²) in [5, 5.41) is 13.2. The van der Waals surface area contributed by atoms with E-state index in [0.717, 1.165) is 24.8 Å². The largest absolute Gasteiger partial charge is 0.492 e. The van der Waals surface area contributed by atoms with Gasteiger partial charge in [-0.25, -0.2) is 0 Å². The van der Waals surface area contributed by atoms with Crippen molar-refractivity contribution < 1.29 is 9.68 Å². The lowest BCUT2D eigenvalue weighted by Gasteiger charge is -2.24. The topological polar surface area (TPSA) is 41.5 Å². The number of rotatable bonds is 2. The second-order valence-corrected chi connectivity index (χ2v) is 5.12. The van der Waals surface area contributed by atoms with Crippen LogP contribution >= 0.6 is 0 Å². The molecule has 0 bridgehead atoms. The average Bonchev–Trinajstić information content (AvgIpc) is 2.88. The fourth-order valence-corrected chi connectivity index (χ4v) is 3.22. The van der Waals surface area contributed by atoms with Crippen molar-refractivity contribution in [3.63, 3.8) is 0 Å². The molecule has 0 saturated heterocycles. The van der Waals surface area contributed by atoms with Crippen LogP contribution in [0.5, 0.6) is 0 Å². The summed E-state index contributed by atoms with van der Waals surface area (Å²) < 4.78 is 5.85. The van der Waals surface area contributed by atoms with Crippen molar-refractivity contribution in [2.75, 3.05) is 7.05 Å². The van der Waals surface area contributed by atoms with Crippen molar-refractivity contribution in [2.24, 2.45) is 0 Å². The van der Waals surface area contributed by atoms with E-state index in [1.165, 1.54) is 24.0 Å². The van der Waals surface area contributed by atoms with Gasteiger partial charge in [0.1, 0.15) is 0 Å². The minimum atomic E-state index is -0.736. The highest BCUT2D eigenvalue weighted by molar-refractivity contribution is 6.62. The van der Waals surface area contributed by atoms with Gasteiger partial charge in [0.2, 0.25) is 0 Å². The van der Waals surface area contributed by atoms with Gasteiger partial charge in [-0.3, -0.25) is 0 Å². The Bertz CT molecular complexity index is 429. The van der Waals surface area contributed by atoms with E-state index in [4.69, 9.17) is 4.65 Å². The van der Waals surface area contributed by atoms with Gasteiger partial charge < -0.3 is 15.0 Å². The van der Waals surface area contributed by atoms with E-state index in [2.05, 4.69) is 23.5 Å². The SMILES string of the molecule is CNCc1ccc2c(c1)B(O)OC21CCCC1. The maximum Gasteiger partial charge on any atom is 0.492 e. The van der Waals surface area contributed by atoms with Crippen molar-refractivity contribution in [1.29, 1.82) is 0 Å². The highest BCUT2D eigenvalue weighted by Gasteiger charge is 2.48.